The topological polar surface area (TPSA) is 52.4 Å². The van der Waals surface area contributed by atoms with Crippen molar-refractivity contribution in [3.63, 3.8) is 0 Å². The van der Waals surface area contributed by atoms with Crippen molar-refractivity contribution < 1.29 is 37.2 Å². The monoisotopic (exact) mass is 1500 g/mol. The molecular weight excluding hydrogens is 1420 g/mol. The van der Waals surface area contributed by atoms with Crippen molar-refractivity contribution in [2.45, 2.75) is 104 Å². The molecule has 16 aromatic carbocycles. The average Bonchev–Trinajstić information content (AvgIpc) is 1.53. The Morgan fingerprint density at radius 2 is 0.638 bits per heavy atom. The number of rotatable bonds is 0. The van der Waals surface area contributed by atoms with E-state index < -0.39 is 0 Å². The van der Waals surface area contributed by atoms with Crippen LogP contribution in [0.2, 0.25) is 0 Å². The van der Waals surface area contributed by atoms with Crippen LogP contribution in [0.4, 0.5) is 0 Å². The van der Waals surface area contributed by atoms with Gasteiger partial charge in [-0.1, -0.05) is 268 Å². The van der Waals surface area contributed by atoms with Crippen molar-refractivity contribution in [3.8, 4) is 68.0 Å². The van der Waals surface area contributed by atoms with Gasteiger partial charge in [0.1, 0.15) is 23.0 Å². The Morgan fingerprint density at radius 1 is 0.233 bits per heavy atom. The second-order valence-corrected chi connectivity index (χ2v) is 35.2. The van der Waals surface area contributed by atoms with Gasteiger partial charge in [-0.15, -0.1) is 0 Å². The fourth-order valence-electron chi connectivity index (χ4n) is 22.7. The van der Waals surface area contributed by atoms with Gasteiger partial charge in [-0.3, -0.25) is 0 Å². The molecule has 4 aromatic heterocycles. The molecular formula is C108H80N4O4+4. The molecule has 0 saturated carbocycles. The molecule has 8 heteroatoms. The predicted octanol–water partition coefficient (Wildman–Crippen LogP) is 24.4. The van der Waals surface area contributed by atoms with Gasteiger partial charge in [0, 0.05) is 66.1 Å². The molecule has 116 heavy (non-hydrogen) atoms. The van der Waals surface area contributed by atoms with Gasteiger partial charge in [-0.25, -0.2) is 0 Å². The average molecular weight is 1500 g/mol. The highest BCUT2D eigenvalue weighted by atomic mass is 16.5. The first-order chi connectivity index (χ1) is 56.6. The van der Waals surface area contributed by atoms with Gasteiger partial charge in [-0.2, -0.15) is 18.3 Å². The maximum absolute atomic E-state index is 6.53. The molecule has 20 aromatic rings. The molecule has 8 aliphatic rings. The maximum atomic E-state index is 6.53. The third-order valence-electron chi connectivity index (χ3n) is 27.8. The normalized spacial score (nSPS) is 15.7. The van der Waals surface area contributed by atoms with Crippen LogP contribution in [0.15, 0.2) is 292 Å². The molecule has 0 fully saturated rings. The Balaban J connectivity index is 0.0000000887. The zero-order valence-electron chi connectivity index (χ0n) is 66.0. The minimum Gasteiger partial charge on any atom is -0.435 e. The molecule has 4 aliphatic heterocycles. The Hall–Kier alpha value is -13.6. The van der Waals surface area contributed by atoms with E-state index in [4.69, 9.17) is 18.9 Å². The molecule has 0 bridgehead atoms. The third kappa shape index (κ3) is 8.67. The first kappa shape index (κ1) is 65.9. The molecule has 0 amide bonds. The van der Waals surface area contributed by atoms with E-state index in [1.54, 1.807) is 0 Å². The minimum absolute atomic E-state index is 0.0807. The van der Waals surface area contributed by atoms with Gasteiger partial charge in [0.25, 0.3) is 26.9 Å². The van der Waals surface area contributed by atoms with E-state index in [2.05, 4.69) is 365 Å². The summed E-state index contributed by atoms with van der Waals surface area (Å²) in [5.74, 6) is 4.07. The second-order valence-electron chi connectivity index (χ2n) is 35.2. The summed E-state index contributed by atoms with van der Waals surface area (Å²) >= 11 is 0. The van der Waals surface area contributed by atoms with Crippen LogP contribution in [-0.4, -0.2) is 0 Å². The molecule has 0 saturated heterocycles. The number of hydrogen-bond acceptors (Lipinski definition) is 4. The minimum atomic E-state index is -0.152. The van der Waals surface area contributed by atoms with Crippen molar-refractivity contribution in [3.05, 3.63) is 336 Å². The lowest BCUT2D eigenvalue weighted by Gasteiger charge is -2.24. The molecule has 0 atom stereocenters. The highest BCUT2D eigenvalue weighted by Gasteiger charge is 2.52. The predicted molar refractivity (Wildman–Crippen MR) is 469 cm³/mol. The first-order valence-corrected chi connectivity index (χ1v) is 40.9. The smallest absolute Gasteiger partial charge is 0.293 e. The zero-order valence-corrected chi connectivity index (χ0v) is 66.0. The van der Waals surface area contributed by atoms with E-state index in [0.717, 1.165) is 23.0 Å². The molecule has 28 rings (SSSR count). The summed E-state index contributed by atoms with van der Waals surface area (Å²) in [6, 6.07) is 99.5. The molecule has 552 valence electrons. The number of aromatic nitrogens is 4. The largest absolute Gasteiger partial charge is 0.435 e. The molecule has 0 radical (unpaired) electrons. The van der Waals surface area contributed by atoms with E-state index in [-0.39, 0.29) is 21.7 Å². The Morgan fingerprint density at radius 3 is 1.21 bits per heavy atom. The quantitative estimate of drug-likeness (QED) is 0.112. The van der Waals surface area contributed by atoms with E-state index in [1.807, 2.05) is 0 Å². The van der Waals surface area contributed by atoms with Crippen LogP contribution in [0.25, 0.3) is 174 Å². The number of nitrogens with zero attached hydrogens (tertiary/aromatic N) is 4. The number of fused-ring (bicyclic) bond motifs is 24. The lowest BCUT2D eigenvalue weighted by atomic mass is 9.77. The first-order valence-electron chi connectivity index (χ1n) is 40.9. The van der Waals surface area contributed by atoms with Crippen molar-refractivity contribution in [1.29, 1.82) is 0 Å². The molecule has 0 unspecified atom stereocenters. The summed E-state index contributed by atoms with van der Waals surface area (Å²) < 4.78 is 34.5. The highest BCUT2D eigenvalue weighted by molar-refractivity contribution is 6.19. The van der Waals surface area contributed by atoms with Gasteiger partial charge in [-0.05, 0) is 174 Å². The zero-order chi connectivity index (χ0) is 77.3. The number of hydrogen-bond donors (Lipinski definition) is 0. The van der Waals surface area contributed by atoms with Gasteiger partial charge in [0.2, 0.25) is 28.3 Å². The SMILES string of the molecule is CC1(C)c2c3c(cc4c2ccc2ccccc24)OC[n+]2cc4c(ccc5ccccc54)c1c2-3.CC1(C)c2c3c(cc4c2ccc2ccccc24)OC[n+]2cc4ccc5ccccc5c4c1c2-3.CC1(C)c2cc3ccc4ccccc4c3[n+]3c2-c2c(cc4c(ccc5ccccc54)c21)OC3.CC1(C)c2cccc3c2-c2c1ccc[n+]2CO3. The second kappa shape index (κ2) is 23.1. The van der Waals surface area contributed by atoms with Crippen LogP contribution in [0, 0.1) is 0 Å². The van der Waals surface area contributed by atoms with Gasteiger partial charge >= 0.3 is 0 Å². The Labute approximate surface area is 670 Å². The van der Waals surface area contributed by atoms with Crippen molar-refractivity contribution in [2.24, 2.45) is 0 Å². The number of benzene rings is 16. The third-order valence-corrected chi connectivity index (χ3v) is 27.8. The lowest BCUT2D eigenvalue weighted by molar-refractivity contribution is -0.717. The summed E-state index contributed by atoms with van der Waals surface area (Å²) in [4.78, 5) is 0. The van der Waals surface area contributed by atoms with Gasteiger partial charge < -0.3 is 18.9 Å². The van der Waals surface area contributed by atoms with Crippen molar-refractivity contribution >= 4 is 129 Å². The van der Waals surface area contributed by atoms with Crippen LogP contribution in [0.5, 0.6) is 23.0 Å². The maximum Gasteiger partial charge on any atom is 0.293 e. The standard InChI is InChI=1S/3C31H22NO.C15H14NO/c1-31(2)28-22-13-11-18-7-3-5-9-20(18)24(22)15-26-27(28)30-29(31)23-14-12-19-8-4-6-10-21(19)25(23)16-32(30)17-33-26;1-31(2)28-23-14-13-18-7-3-5-9-21(18)24(23)15-25-27(28)30-29(31)26-20(16-32(30)17-33-25)12-11-19-8-4-6-10-22(19)26;1-31(2)25-15-20-12-11-19-8-4-6-10-22(19)29(20)32-17-33-26-16-24-21-9-5-3-7-18(21)13-14-23(24)28(31)27(26)30(25)32;1-15(2)10-5-3-7-12-13(10)14-11(15)6-4-8-16(14)9-17-12/h3*3-16H,17H2,1-2H3;3-8H,9H2,1-2H3/q4*+1. The molecule has 4 aliphatic carbocycles. The van der Waals surface area contributed by atoms with Crippen molar-refractivity contribution in [2.75, 3.05) is 0 Å². The number of ether oxygens (including phenoxy) is 4. The van der Waals surface area contributed by atoms with Gasteiger partial charge in [0.05, 0.1) is 33.0 Å². The van der Waals surface area contributed by atoms with E-state index in [0.29, 0.717) is 26.9 Å². The highest BCUT2D eigenvalue weighted by Crippen LogP contribution is 2.62. The van der Waals surface area contributed by atoms with Gasteiger partial charge in [0.15, 0.2) is 18.6 Å². The van der Waals surface area contributed by atoms with Crippen LogP contribution in [0.1, 0.15) is 99.9 Å². The molecule has 8 nitrogen and oxygen atoms in total. The lowest BCUT2D eigenvalue weighted by Crippen LogP contribution is -2.43. The molecule has 0 spiro atoms. The summed E-state index contributed by atoms with van der Waals surface area (Å²) in [5.41, 5.74) is 22.6. The van der Waals surface area contributed by atoms with Crippen molar-refractivity contribution in [1.82, 2.24) is 0 Å². The van der Waals surface area contributed by atoms with Crippen LogP contribution < -0.4 is 37.2 Å². The Bertz CT molecular complexity index is 7780. The van der Waals surface area contributed by atoms with Crippen LogP contribution in [-0.2, 0) is 48.6 Å². The molecule has 0 N–H and O–H groups in total. The van der Waals surface area contributed by atoms with E-state index in [9.17, 15) is 0 Å². The summed E-state index contributed by atoms with van der Waals surface area (Å²) in [6.07, 6.45) is 6.68. The summed E-state index contributed by atoms with van der Waals surface area (Å²) in [7, 11) is 0. The van der Waals surface area contributed by atoms with E-state index in [1.165, 1.54) is 219 Å². The molecule has 8 heterocycles. The fraction of sp³-hybridized carbons (Fsp3) is 0.148. The summed E-state index contributed by atoms with van der Waals surface area (Å²) in [6.45, 7) is 21.1. The number of pyridine rings is 4. The fourth-order valence-corrected chi connectivity index (χ4v) is 22.7. The Kier molecular flexibility index (Phi) is 13.1. The van der Waals surface area contributed by atoms with Crippen LogP contribution >= 0.6 is 0 Å². The van der Waals surface area contributed by atoms with E-state index >= 15 is 0 Å². The van der Waals surface area contributed by atoms with Crippen LogP contribution in [0.3, 0.4) is 0 Å². The summed E-state index contributed by atoms with van der Waals surface area (Å²) in [5, 5.41) is 29.9.